The Labute approximate surface area is 156 Å². The number of carbonyl (C=O) groups excluding carboxylic acids is 1. The molecular formula is C18H21N3O4S. The van der Waals surface area contributed by atoms with Gasteiger partial charge in [0.15, 0.2) is 5.16 Å². The van der Waals surface area contributed by atoms with Crippen molar-refractivity contribution in [2.45, 2.75) is 31.8 Å². The maximum Gasteiger partial charge on any atom is 0.337 e. The van der Waals surface area contributed by atoms with Gasteiger partial charge in [0, 0.05) is 17.8 Å². The highest BCUT2D eigenvalue weighted by Crippen LogP contribution is 2.23. The molecule has 26 heavy (non-hydrogen) atoms. The smallest absolute Gasteiger partial charge is 0.337 e. The monoisotopic (exact) mass is 375 g/mol. The molecule has 2 rings (SSSR count). The molecule has 0 bridgehead atoms. The second kappa shape index (κ2) is 8.66. The number of carboxylic acids is 1. The summed E-state index contributed by atoms with van der Waals surface area (Å²) in [6.07, 6.45) is 2.60. The fourth-order valence-electron chi connectivity index (χ4n) is 2.55. The van der Waals surface area contributed by atoms with Crippen LogP contribution in [0.5, 0.6) is 5.75 Å². The second-order valence-electron chi connectivity index (χ2n) is 5.62. The van der Waals surface area contributed by atoms with Crippen LogP contribution in [0.4, 0.5) is 5.69 Å². The van der Waals surface area contributed by atoms with Gasteiger partial charge in [-0.15, -0.1) is 0 Å². The minimum Gasteiger partial charge on any atom is -0.497 e. The molecule has 1 amide bonds. The van der Waals surface area contributed by atoms with Crippen LogP contribution in [0.25, 0.3) is 0 Å². The van der Waals surface area contributed by atoms with E-state index in [1.807, 2.05) is 20.1 Å². The number of carbonyl (C=O) groups is 2. The number of carboxylic acid groups (broad SMARTS) is 1. The molecule has 0 saturated carbocycles. The molecule has 1 aromatic carbocycles. The number of anilines is 1. The van der Waals surface area contributed by atoms with Crippen molar-refractivity contribution in [3.8, 4) is 5.75 Å². The molecule has 0 aliphatic carbocycles. The molecule has 0 aliphatic rings. The van der Waals surface area contributed by atoms with Crippen molar-refractivity contribution < 1.29 is 19.4 Å². The first-order valence-corrected chi connectivity index (χ1v) is 9.17. The van der Waals surface area contributed by atoms with Crippen LogP contribution >= 0.6 is 11.8 Å². The van der Waals surface area contributed by atoms with Crippen LogP contribution in [0.15, 0.2) is 23.4 Å². The fourth-order valence-corrected chi connectivity index (χ4v) is 3.01. The summed E-state index contributed by atoms with van der Waals surface area (Å²) in [5.41, 5.74) is 2.87. The molecule has 0 aliphatic heterocycles. The molecule has 0 radical (unpaired) electrons. The van der Waals surface area contributed by atoms with Crippen molar-refractivity contribution in [3.63, 3.8) is 0 Å². The Balaban J connectivity index is 2.10. The van der Waals surface area contributed by atoms with Gasteiger partial charge in [-0.25, -0.2) is 14.8 Å². The second-order valence-corrected chi connectivity index (χ2v) is 6.40. The van der Waals surface area contributed by atoms with E-state index in [4.69, 9.17) is 4.74 Å². The van der Waals surface area contributed by atoms with E-state index in [2.05, 4.69) is 15.3 Å². The minimum atomic E-state index is -1.13. The van der Waals surface area contributed by atoms with Gasteiger partial charge in [-0.3, -0.25) is 4.79 Å². The van der Waals surface area contributed by atoms with Gasteiger partial charge in [-0.05, 0) is 50.3 Å². The first-order chi connectivity index (χ1) is 12.3. The van der Waals surface area contributed by atoms with Crippen LogP contribution in [-0.2, 0) is 11.2 Å². The number of amides is 1. The van der Waals surface area contributed by atoms with E-state index in [0.29, 0.717) is 17.3 Å². The van der Waals surface area contributed by atoms with Crippen LogP contribution < -0.4 is 10.1 Å². The van der Waals surface area contributed by atoms with Crippen LogP contribution in [0.1, 0.15) is 33.7 Å². The zero-order valence-electron chi connectivity index (χ0n) is 15.1. The topological polar surface area (TPSA) is 101 Å². The number of aromatic nitrogens is 2. The number of hydrogen-bond donors (Lipinski definition) is 2. The molecule has 0 saturated heterocycles. The Bertz CT molecular complexity index is 816. The molecule has 1 heterocycles. The SMILES string of the molecule is COc1ccc(NC(=O)CCc2c(C)nc(SC)nc2C)c(C(=O)O)c1. The van der Waals surface area contributed by atoms with E-state index in [-0.39, 0.29) is 23.6 Å². The number of thioether (sulfide) groups is 1. The number of nitrogens with zero attached hydrogens (tertiary/aromatic N) is 2. The summed E-state index contributed by atoms with van der Waals surface area (Å²) in [5, 5.41) is 12.7. The van der Waals surface area contributed by atoms with E-state index < -0.39 is 5.97 Å². The van der Waals surface area contributed by atoms with E-state index in [1.165, 1.54) is 31.0 Å². The van der Waals surface area contributed by atoms with E-state index >= 15 is 0 Å². The van der Waals surface area contributed by atoms with Crippen molar-refractivity contribution in [3.05, 3.63) is 40.7 Å². The molecule has 0 spiro atoms. The predicted octanol–water partition coefficient (Wildman–Crippen LogP) is 3.09. The van der Waals surface area contributed by atoms with Crippen LogP contribution in [-0.4, -0.2) is 40.3 Å². The average Bonchev–Trinajstić information content (AvgIpc) is 2.60. The van der Waals surface area contributed by atoms with Gasteiger partial charge in [0.2, 0.25) is 5.91 Å². The first-order valence-electron chi connectivity index (χ1n) is 7.95. The first kappa shape index (κ1) is 19.7. The molecule has 7 nitrogen and oxygen atoms in total. The fraction of sp³-hybridized carbons (Fsp3) is 0.333. The Morgan fingerprint density at radius 3 is 2.42 bits per heavy atom. The third kappa shape index (κ3) is 4.72. The maximum absolute atomic E-state index is 12.3. The molecule has 2 aromatic rings. The third-order valence-electron chi connectivity index (χ3n) is 3.92. The third-order valence-corrected chi connectivity index (χ3v) is 4.46. The molecule has 8 heteroatoms. The van der Waals surface area contributed by atoms with Crippen molar-refractivity contribution >= 4 is 29.3 Å². The summed E-state index contributed by atoms with van der Waals surface area (Å²) in [6, 6.07) is 4.50. The lowest BCUT2D eigenvalue weighted by molar-refractivity contribution is -0.116. The van der Waals surface area contributed by atoms with Crippen molar-refractivity contribution in [1.29, 1.82) is 0 Å². The van der Waals surface area contributed by atoms with Crippen molar-refractivity contribution in [1.82, 2.24) is 9.97 Å². The number of benzene rings is 1. The normalized spacial score (nSPS) is 10.5. The zero-order valence-corrected chi connectivity index (χ0v) is 15.9. The maximum atomic E-state index is 12.3. The van der Waals surface area contributed by atoms with Gasteiger partial charge in [0.1, 0.15) is 5.75 Å². The Hall–Kier alpha value is -2.61. The van der Waals surface area contributed by atoms with Gasteiger partial charge < -0.3 is 15.2 Å². The predicted molar refractivity (Wildman–Crippen MR) is 100 cm³/mol. The van der Waals surface area contributed by atoms with Crippen LogP contribution in [0.3, 0.4) is 0 Å². The molecule has 1 aromatic heterocycles. The number of hydrogen-bond acceptors (Lipinski definition) is 6. The molecule has 0 atom stereocenters. The van der Waals surface area contributed by atoms with Crippen molar-refractivity contribution in [2.75, 3.05) is 18.7 Å². The standard InChI is InChI=1S/C18H21N3O4S/c1-10-13(11(2)20-18(19-10)26-4)6-8-16(22)21-15-7-5-12(25-3)9-14(15)17(23)24/h5,7,9H,6,8H2,1-4H3,(H,21,22)(H,23,24). The van der Waals surface area contributed by atoms with Crippen LogP contribution in [0, 0.1) is 13.8 Å². The molecule has 138 valence electrons. The molecular weight excluding hydrogens is 354 g/mol. The van der Waals surface area contributed by atoms with Gasteiger partial charge >= 0.3 is 5.97 Å². The van der Waals surface area contributed by atoms with Crippen LogP contribution in [0.2, 0.25) is 0 Å². The van der Waals surface area contributed by atoms with E-state index in [0.717, 1.165) is 17.0 Å². The summed E-state index contributed by atoms with van der Waals surface area (Å²) in [6.45, 7) is 3.79. The number of ether oxygens (including phenoxy) is 1. The lowest BCUT2D eigenvalue weighted by atomic mass is 10.1. The highest BCUT2D eigenvalue weighted by molar-refractivity contribution is 7.98. The number of nitrogens with one attached hydrogen (secondary N) is 1. The number of methoxy groups -OCH3 is 1. The Morgan fingerprint density at radius 2 is 1.88 bits per heavy atom. The molecule has 2 N–H and O–H groups in total. The van der Waals surface area contributed by atoms with Gasteiger partial charge in [-0.1, -0.05) is 11.8 Å². The quantitative estimate of drug-likeness (QED) is 0.566. The number of aromatic carboxylic acids is 1. The highest BCUT2D eigenvalue weighted by atomic mass is 32.2. The highest BCUT2D eigenvalue weighted by Gasteiger charge is 2.15. The lowest BCUT2D eigenvalue weighted by Gasteiger charge is -2.12. The minimum absolute atomic E-state index is 0.0160. The average molecular weight is 375 g/mol. The van der Waals surface area contributed by atoms with Gasteiger partial charge in [0.05, 0.1) is 18.4 Å². The molecule has 0 fully saturated rings. The summed E-state index contributed by atoms with van der Waals surface area (Å²) < 4.78 is 5.02. The summed E-state index contributed by atoms with van der Waals surface area (Å²) in [7, 11) is 1.45. The summed E-state index contributed by atoms with van der Waals surface area (Å²) >= 11 is 1.47. The van der Waals surface area contributed by atoms with Gasteiger partial charge in [-0.2, -0.15) is 0 Å². The summed E-state index contributed by atoms with van der Waals surface area (Å²) in [4.78, 5) is 32.5. The molecule has 0 unspecified atom stereocenters. The van der Waals surface area contributed by atoms with E-state index in [9.17, 15) is 14.7 Å². The summed E-state index contributed by atoms with van der Waals surface area (Å²) in [5.74, 6) is -0.991. The zero-order chi connectivity index (χ0) is 19.3. The largest absolute Gasteiger partial charge is 0.497 e. The number of aryl methyl sites for hydroxylation is 2. The lowest BCUT2D eigenvalue weighted by Crippen LogP contribution is -2.16. The number of rotatable bonds is 7. The van der Waals surface area contributed by atoms with E-state index in [1.54, 1.807) is 6.07 Å². The Kier molecular flexibility index (Phi) is 6.57. The van der Waals surface area contributed by atoms with Gasteiger partial charge in [0.25, 0.3) is 0 Å². The van der Waals surface area contributed by atoms with Crippen molar-refractivity contribution in [2.24, 2.45) is 0 Å². The Morgan fingerprint density at radius 1 is 1.23 bits per heavy atom.